The molecular formula is C31H35F2N3O4S. The Hall–Kier alpha value is -3.79. The minimum absolute atomic E-state index is 0.00593. The van der Waals surface area contributed by atoms with Crippen molar-refractivity contribution in [3.63, 3.8) is 0 Å². The maximum atomic E-state index is 14.1. The number of anilines is 1. The van der Waals surface area contributed by atoms with Gasteiger partial charge in [-0.25, -0.2) is 17.2 Å². The number of sulfonamides is 1. The van der Waals surface area contributed by atoms with Gasteiger partial charge >= 0.3 is 0 Å². The topological polar surface area (TPSA) is 86.8 Å². The van der Waals surface area contributed by atoms with Crippen LogP contribution in [0, 0.1) is 18.6 Å². The summed E-state index contributed by atoms with van der Waals surface area (Å²) < 4.78 is 54.0. The van der Waals surface area contributed by atoms with Gasteiger partial charge in [0.2, 0.25) is 21.8 Å². The van der Waals surface area contributed by atoms with Crippen molar-refractivity contribution in [2.24, 2.45) is 0 Å². The van der Waals surface area contributed by atoms with Crippen LogP contribution in [-0.2, 0) is 32.6 Å². The van der Waals surface area contributed by atoms with Gasteiger partial charge in [-0.05, 0) is 43.0 Å². The van der Waals surface area contributed by atoms with Gasteiger partial charge in [-0.1, -0.05) is 73.0 Å². The number of rotatable bonds is 11. The molecule has 41 heavy (non-hydrogen) atoms. The highest BCUT2D eigenvalue weighted by molar-refractivity contribution is 7.92. The molecule has 0 bridgehead atoms. The van der Waals surface area contributed by atoms with Gasteiger partial charge in [0, 0.05) is 25.1 Å². The van der Waals surface area contributed by atoms with Crippen LogP contribution in [0.2, 0.25) is 0 Å². The average molecular weight is 584 g/mol. The van der Waals surface area contributed by atoms with E-state index in [1.807, 2.05) is 61.5 Å². The number of halogens is 2. The standard InChI is InChI=1S/C31H35F2N3O4S/c1-22-9-8-12-24(17-22)20-35(30(37)21-36(41(2,39)40)26-15-16-27(32)28(33)19-26)29(18-23-10-4-3-5-11-23)31(38)34-25-13-6-7-14-25/h3-5,8-12,15-17,19,25,29H,6-7,13-14,18,20-21H2,1-2H3,(H,34,38)/t29-/m0/s1. The molecule has 218 valence electrons. The monoisotopic (exact) mass is 583 g/mol. The van der Waals surface area contributed by atoms with Crippen LogP contribution in [0.15, 0.2) is 72.8 Å². The summed E-state index contributed by atoms with van der Waals surface area (Å²) in [6.07, 6.45) is 4.83. The molecule has 1 atom stereocenters. The zero-order valence-corrected chi connectivity index (χ0v) is 24.0. The van der Waals surface area contributed by atoms with Crippen molar-refractivity contribution in [3.05, 3.63) is 101 Å². The van der Waals surface area contributed by atoms with Crippen molar-refractivity contribution in [2.75, 3.05) is 17.1 Å². The molecule has 0 heterocycles. The summed E-state index contributed by atoms with van der Waals surface area (Å²) in [5, 5.41) is 3.10. The van der Waals surface area contributed by atoms with Crippen LogP contribution in [0.3, 0.4) is 0 Å². The summed E-state index contributed by atoms with van der Waals surface area (Å²) >= 11 is 0. The lowest BCUT2D eigenvalue weighted by molar-refractivity contribution is -0.140. The van der Waals surface area contributed by atoms with Crippen LogP contribution in [0.1, 0.15) is 42.4 Å². The lowest BCUT2D eigenvalue weighted by Gasteiger charge is -2.34. The normalized spacial score (nSPS) is 14.4. The van der Waals surface area contributed by atoms with Crippen molar-refractivity contribution in [2.45, 2.75) is 57.7 Å². The fourth-order valence-electron chi connectivity index (χ4n) is 5.18. The van der Waals surface area contributed by atoms with E-state index in [2.05, 4.69) is 5.32 Å². The molecule has 1 N–H and O–H groups in total. The van der Waals surface area contributed by atoms with Crippen LogP contribution in [0.25, 0.3) is 0 Å². The third kappa shape index (κ3) is 8.13. The zero-order valence-electron chi connectivity index (χ0n) is 23.2. The van der Waals surface area contributed by atoms with Crippen molar-refractivity contribution in [1.29, 1.82) is 0 Å². The number of benzene rings is 3. The van der Waals surface area contributed by atoms with Gasteiger partial charge in [0.15, 0.2) is 11.6 Å². The molecule has 0 aromatic heterocycles. The molecule has 4 rings (SSSR count). The van der Waals surface area contributed by atoms with E-state index >= 15 is 0 Å². The predicted octanol–water partition coefficient (Wildman–Crippen LogP) is 4.74. The van der Waals surface area contributed by atoms with E-state index in [0.717, 1.165) is 71.1 Å². The Morgan fingerprint density at radius 1 is 0.927 bits per heavy atom. The lowest BCUT2D eigenvalue weighted by atomic mass is 10.0. The molecule has 0 radical (unpaired) electrons. The van der Waals surface area contributed by atoms with E-state index in [4.69, 9.17) is 0 Å². The zero-order chi connectivity index (χ0) is 29.6. The molecule has 0 spiro atoms. The van der Waals surface area contributed by atoms with E-state index < -0.39 is 40.2 Å². The Morgan fingerprint density at radius 2 is 1.61 bits per heavy atom. The summed E-state index contributed by atoms with van der Waals surface area (Å²) in [6, 6.07) is 18.5. The first kappa shape index (κ1) is 30.2. The second-order valence-electron chi connectivity index (χ2n) is 10.6. The first-order valence-corrected chi connectivity index (χ1v) is 15.5. The molecule has 10 heteroatoms. The number of nitrogens with one attached hydrogen (secondary N) is 1. The first-order valence-electron chi connectivity index (χ1n) is 13.6. The van der Waals surface area contributed by atoms with Gasteiger partial charge in [0.1, 0.15) is 12.6 Å². The molecule has 3 aromatic carbocycles. The third-order valence-electron chi connectivity index (χ3n) is 7.28. The summed E-state index contributed by atoms with van der Waals surface area (Å²) in [6.45, 7) is 1.27. The van der Waals surface area contributed by atoms with Crippen molar-refractivity contribution >= 4 is 27.5 Å². The largest absolute Gasteiger partial charge is 0.352 e. The van der Waals surface area contributed by atoms with Crippen molar-refractivity contribution < 1.29 is 26.8 Å². The van der Waals surface area contributed by atoms with Gasteiger partial charge in [-0.3, -0.25) is 13.9 Å². The number of hydrogen-bond donors (Lipinski definition) is 1. The Morgan fingerprint density at radius 3 is 2.24 bits per heavy atom. The maximum Gasteiger partial charge on any atom is 0.244 e. The van der Waals surface area contributed by atoms with Gasteiger partial charge in [0.05, 0.1) is 11.9 Å². The van der Waals surface area contributed by atoms with Gasteiger partial charge in [0.25, 0.3) is 0 Å². The van der Waals surface area contributed by atoms with Crippen LogP contribution in [0.4, 0.5) is 14.5 Å². The van der Waals surface area contributed by atoms with Gasteiger partial charge in [-0.15, -0.1) is 0 Å². The maximum absolute atomic E-state index is 14.1. The second-order valence-corrected chi connectivity index (χ2v) is 12.5. The second kappa shape index (κ2) is 13.2. The highest BCUT2D eigenvalue weighted by Crippen LogP contribution is 2.23. The smallest absolute Gasteiger partial charge is 0.244 e. The van der Waals surface area contributed by atoms with Crippen molar-refractivity contribution in [3.8, 4) is 0 Å². The third-order valence-corrected chi connectivity index (χ3v) is 8.42. The SMILES string of the molecule is Cc1cccc(CN(C(=O)CN(c2ccc(F)c(F)c2)S(C)(=O)=O)[C@@H](Cc2ccccc2)C(=O)NC2CCCC2)c1. The lowest BCUT2D eigenvalue weighted by Crippen LogP contribution is -2.54. The van der Waals surface area contributed by atoms with Gasteiger partial charge < -0.3 is 10.2 Å². The first-order chi connectivity index (χ1) is 19.5. The number of carbonyl (C=O) groups is 2. The van der Waals surface area contributed by atoms with Crippen molar-refractivity contribution in [1.82, 2.24) is 10.2 Å². The number of hydrogen-bond acceptors (Lipinski definition) is 4. The van der Waals surface area contributed by atoms with Crippen LogP contribution in [-0.4, -0.2) is 50.0 Å². The number of aryl methyl sites for hydroxylation is 1. The number of amides is 2. The molecule has 1 aliphatic carbocycles. The number of nitrogens with zero attached hydrogens (tertiary/aromatic N) is 2. The van der Waals surface area contributed by atoms with E-state index in [9.17, 15) is 26.8 Å². The van der Waals surface area contributed by atoms with Gasteiger partial charge in [-0.2, -0.15) is 0 Å². The van der Waals surface area contributed by atoms with E-state index in [-0.39, 0.29) is 30.6 Å². The molecule has 0 aliphatic heterocycles. The Balaban J connectivity index is 1.73. The summed E-state index contributed by atoms with van der Waals surface area (Å²) in [5.41, 5.74) is 2.38. The predicted molar refractivity (Wildman–Crippen MR) is 155 cm³/mol. The Kier molecular flexibility index (Phi) is 9.75. The Labute approximate surface area is 240 Å². The highest BCUT2D eigenvalue weighted by Gasteiger charge is 2.34. The molecule has 3 aromatic rings. The fraction of sp³-hybridized carbons (Fsp3) is 0.355. The molecule has 7 nitrogen and oxygen atoms in total. The molecule has 1 fully saturated rings. The molecular weight excluding hydrogens is 548 g/mol. The molecule has 1 aliphatic rings. The minimum atomic E-state index is -4.08. The van der Waals surface area contributed by atoms with E-state index in [1.165, 1.54) is 4.90 Å². The number of carbonyl (C=O) groups excluding carboxylic acids is 2. The average Bonchev–Trinajstić information content (AvgIpc) is 3.44. The summed E-state index contributed by atoms with van der Waals surface area (Å²) in [4.78, 5) is 29.3. The fourth-order valence-corrected chi connectivity index (χ4v) is 6.02. The van der Waals surface area contributed by atoms with Crippen LogP contribution in [0.5, 0.6) is 0 Å². The van der Waals surface area contributed by atoms with Crippen LogP contribution < -0.4 is 9.62 Å². The molecule has 2 amide bonds. The summed E-state index contributed by atoms with van der Waals surface area (Å²) in [7, 11) is -4.08. The Bertz CT molecular complexity index is 1480. The molecule has 0 saturated heterocycles. The van der Waals surface area contributed by atoms with E-state index in [0.29, 0.717) is 0 Å². The minimum Gasteiger partial charge on any atom is -0.352 e. The summed E-state index contributed by atoms with van der Waals surface area (Å²) in [5.74, 6) is -3.34. The highest BCUT2D eigenvalue weighted by atomic mass is 32.2. The van der Waals surface area contributed by atoms with E-state index in [1.54, 1.807) is 0 Å². The van der Waals surface area contributed by atoms with Crippen LogP contribution >= 0.6 is 0 Å². The molecule has 1 saturated carbocycles. The quantitative estimate of drug-likeness (QED) is 0.354. The molecule has 0 unspecified atom stereocenters.